The van der Waals surface area contributed by atoms with Crippen LogP contribution >= 0.6 is 23.2 Å². The van der Waals surface area contributed by atoms with E-state index in [1.807, 2.05) is 4.90 Å². The van der Waals surface area contributed by atoms with Gasteiger partial charge in [0.05, 0.1) is 28.3 Å². The first-order chi connectivity index (χ1) is 13.3. The van der Waals surface area contributed by atoms with Crippen molar-refractivity contribution in [2.24, 2.45) is 5.92 Å². The minimum absolute atomic E-state index is 0.113. The Bertz CT molecular complexity index is 685. The van der Waals surface area contributed by atoms with Crippen LogP contribution in [0.25, 0.3) is 0 Å². The third-order valence-corrected chi connectivity index (χ3v) is 5.89. The normalized spacial score (nSPS) is 25.2. The number of rotatable bonds is 4. The van der Waals surface area contributed by atoms with Gasteiger partial charge in [-0.1, -0.05) is 37.0 Å². The van der Waals surface area contributed by atoms with Crippen LogP contribution in [0.4, 0.5) is 5.82 Å². The molecule has 3 unspecified atom stereocenters. The van der Waals surface area contributed by atoms with E-state index in [1.165, 1.54) is 0 Å². The van der Waals surface area contributed by atoms with Gasteiger partial charge in [0.25, 0.3) is 0 Å². The zero-order valence-corrected chi connectivity index (χ0v) is 18.6. The first-order valence-corrected chi connectivity index (χ1v) is 10.8. The van der Waals surface area contributed by atoms with Crippen molar-refractivity contribution in [3.63, 3.8) is 0 Å². The van der Waals surface area contributed by atoms with Gasteiger partial charge >= 0.3 is 0 Å². The fourth-order valence-electron chi connectivity index (χ4n) is 4.27. The van der Waals surface area contributed by atoms with Crippen molar-refractivity contribution < 1.29 is 9.53 Å². The summed E-state index contributed by atoms with van der Waals surface area (Å²) in [5.41, 5.74) is 0. The lowest BCUT2D eigenvalue weighted by atomic mass is 9.98. The largest absolute Gasteiger partial charge is 0.373 e. The van der Waals surface area contributed by atoms with Crippen LogP contribution < -0.4 is 4.90 Å². The molecule has 0 spiro atoms. The minimum Gasteiger partial charge on any atom is -0.373 e. The Hall–Kier alpha value is -1.08. The van der Waals surface area contributed by atoms with Crippen LogP contribution in [0, 0.1) is 5.92 Å². The second-order valence-corrected chi connectivity index (χ2v) is 9.02. The average Bonchev–Trinajstić information content (AvgIpc) is 2.61. The molecule has 28 heavy (non-hydrogen) atoms. The summed E-state index contributed by atoms with van der Waals surface area (Å²) >= 11 is 12.2. The second kappa shape index (κ2) is 9.16. The first-order valence-electron chi connectivity index (χ1n) is 10.0. The molecule has 0 saturated carbocycles. The summed E-state index contributed by atoms with van der Waals surface area (Å²) in [6.07, 6.45) is 1.90. The number of aromatic nitrogens is 1. The molecule has 3 rings (SSSR count). The van der Waals surface area contributed by atoms with E-state index in [2.05, 4.69) is 42.5 Å². The number of ether oxygens (including phenoxy) is 1. The number of hydrogen-bond acceptors (Lipinski definition) is 5. The second-order valence-electron chi connectivity index (χ2n) is 8.17. The Morgan fingerprint density at radius 3 is 2.29 bits per heavy atom. The van der Waals surface area contributed by atoms with Crippen LogP contribution in [-0.4, -0.2) is 78.2 Å². The van der Waals surface area contributed by atoms with Gasteiger partial charge in [-0.2, -0.15) is 0 Å². The molecule has 3 atom stereocenters. The number of carbonyl (C=O) groups excluding carboxylic acids is 1. The Labute approximate surface area is 177 Å². The van der Waals surface area contributed by atoms with Crippen molar-refractivity contribution in [3.8, 4) is 0 Å². The van der Waals surface area contributed by atoms with Crippen LogP contribution in [0.2, 0.25) is 10.0 Å². The highest BCUT2D eigenvalue weighted by Gasteiger charge is 2.37. The fraction of sp³-hybridized carbons (Fsp3) is 0.700. The zero-order valence-electron chi connectivity index (χ0n) is 17.1. The number of halogens is 2. The van der Waals surface area contributed by atoms with E-state index < -0.39 is 0 Å². The molecule has 2 fully saturated rings. The van der Waals surface area contributed by atoms with Crippen molar-refractivity contribution in [1.82, 2.24) is 14.8 Å². The van der Waals surface area contributed by atoms with Gasteiger partial charge in [0.2, 0.25) is 5.91 Å². The number of anilines is 1. The van der Waals surface area contributed by atoms with E-state index in [4.69, 9.17) is 27.9 Å². The van der Waals surface area contributed by atoms with E-state index >= 15 is 0 Å². The van der Waals surface area contributed by atoms with Crippen molar-refractivity contribution in [2.45, 2.75) is 45.9 Å². The number of nitrogens with zero attached hydrogens (tertiary/aromatic N) is 4. The highest BCUT2D eigenvalue weighted by Crippen LogP contribution is 2.27. The monoisotopic (exact) mass is 428 g/mol. The van der Waals surface area contributed by atoms with Gasteiger partial charge in [-0.3, -0.25) is 9.69 Å². The standard InChI is InChI=1S/C20H30Cl2N4O2/c1-13(2)18(26-11-14(3)28-15(4)12-26)20(27)25-7-5-24(6-8-25)19-17(22)9-16(21)10-23-19/h9-10,13-15,18H,5-8,11-12H2,1-4H3. The predicted octanol–water partition coefficient (Wildman–Crippen LogP) is 3.17. The molecular weight excluding hydrogens is 399 g/mol. The molecular formula is C20H30Cl2N4O2. The molecule has 156 valence electrons. The van der Waals surface area contributed by atoms with Crippen molar-refractivity contribution >= 4 is 34.9 Å². The molecule has 1 aromatic heterocycles. The number of morpholine rings is 1. The van der Waals surface area contributed by atoms with E-state index in [1.54, 1.807) is 12.3 Å². The lowest BCUT2D eigenvalue weighted by Crippen LogP contribution is -2.60. The zero-order chi connectivity index (χ0) is 20.4. The third-order valence-electron chi connectivity index (χ3n) is 5.41. The average molecular weight is 429 g/mol. The number of hydrogen-bond donors (Lipinski definition) is 0. The summed E-state index contributed by atoms with van der Waals surface area (Å²) in [5.74, 6) is 1.19. The van der Waals surface area contributed by atoms with Crippen LogP contribution in [0.1, 0.15) is 27.7 Å². The lowest BCUT2D eigenvalue weighted by Gasteiger charge is -2.44. The quantitative estimate of drug-likeness (QED) is 0.736. The summed E-state index contributed by atoms with van der Waals surface area (Å²) in [6, 6.07) is 1.59. The highest BCUT2D eigenvalue weighted by molar-refractivity contribution is 6.36. The maximum absolute atomic E-state index is 13.4. The molecule has 2 aliphatic heterocycles. The smallest absolute Gasteiger partial charge is 0.240 e. The molecule has 3 heterocycles. The van der Waals surface area contributed by atoms with E-state index in [0.29, 0.717) is 36.2 Å². The maximum Gasteiger partial charge on any atom is 0.240 e. The Balaban J connectivity index is 1.65. The van der Waals surface area contributed by atoms with Gasteiger partial charge in [0.1, 0.15) is 5.82 Å². The predicted molar refractivity (Wildman–Crippen MR) is 113 cm³/mol. The van der Waals surface area contributed by atoms with Crippen molar-refractivity contribution in [1.29, 1.82) is 0 Å². The fourth-order valence-corrected chi connectivity index (χ4v) is 4.77. The molecule has 6 nitrogen and oxygen atoms in total. The van der Waals surface area contributed by atoms with Crippen LogP contribution in [0.5, 0.6) is 0 Å². The number of carbonyl (C=O) groups is 1. The Morgan fingerprint density at radius 2 is 1.75 bits per heavy atom. The molecule has 0 bridgehead atoms. The van der Waals surface area contributed by atoms with Gasteiger partial charge in [-0.05, 0) is 25.8 Å². The van der Waals surface area contributed by atoms with Gasteiger partial charge in [-0.15, -0.1) is 0 Å². The molecule has 1 aromatic rings. The molecule has 2 aliphatic rings. The van der Waals surface area contributed by atoms with Gasteiger partial charge < -0.3 is 14.5 Å². The number of piperazine rings is 1. The van der Waals surface area contributed by atoms with Crippen molar-refractivity contribution in [3.05, 3.63) is 22.3 Å². The molecule has 8 heteroatoms. The van der Waals surface area contributed by atoms with E-state index in [-0.39, 0.29) is 30.1 Å². The maximum atomic E-state index is 13.4. The Kier molecular flexibility index (Phi) is 7.07. The summed E-state index contributed by atoms with van der Waals surface area (Å²) < 4.78 is 5.85. The van der Waals surface area contributed by atoms with Crippen LogP contribution in [0.3, 0.4) is 0 Å². The molecule has 0 aliphatic carbocycles. The molecule has 0 N–H and O–H groups in total. The molecule has 0 aromatic carbocycles. The topological polar surface area (TPSA) is 48.9 Å². The summed E-state index contributed by atoms with van der Waals surface area (Å²) in [5, 5.41) is 1.07. The van der Waals surface area contributed by atoms with Gasteiger partial charge in [0, 0.05) is 45.5 Å². The minimum atomic E-state index is -0.113. The van der Waals surface area contributed by atoms with Crippen LogP contribution in [-0.2, 0) is 9.53 Å². The molecule has 1 amide bonds. The highest BCUT2D eigenvalue weighted by atomic mass is 35.5. The Morgan fingerprint density at radius 1 is 1.14 bits per heavy atom. The van der Waals surface area contributed by atoms with Gasteiger partial charge in [0.15, 0.2) is 0 Å². The van der Waals surface area contributed by atoms with E-state index in [9.17, 15) is 4.79 Å². The summed E-state index contributed by atoms with van der Waals surface area (Å²) in [4.78, 5) is 24.1. The first kappa shape index (κ1) is 21.6. The number of pyridine rings is 1. The molecule has 2 saturated heterocycles. The molecule has 0 radical (unpaired) electrons. The summed E-state index contributed by atoms with van der Waals surface area (Å²) in [7, 11) is 0. The van der Waals surface area contributed by atoms with Gasteiger partial charge in [-0.25, -0.2) is 4.98 Å². The summed E-state index contributed by atoms with van der Waals surface area (Å²) in [6.45, 7) is 12.7. The van der Waals surface area contributed by atoms with E-state index in [0.717, 1.165) is 18.9 Å². The van der Waals surface area contributed by atoms with Crippen LogP contribution in [0.15, 0.2) is 12.3 Å². The SMILES string of the molecule is CC1CN(C(C(=O)N2CCN(c3ncc(Cl)cc3Cl)CC2)C(C)C)CC(C)O1. The lowest BCUT2D eigenvalue weighted by molar-refractivity contribution is -0.145. The van der Waals surface area contributed by atoms with Crippen molar-refractivity contribution in [2.75, 3.05) is 44.2 Å². The number of amides is 1. The third kappa shape index (κ3) is 4.90.